The SMILES string of the molecule is COc1cc(Cl)nc(NC(=O)c2ccccc2O)n1. The zero-order chi connectivity index (χ0) is 13.8. The number of nitrogens with one attached hydrogen (secondary N) is 1. The molecule has 6 nitrogen and oxygen atoms in total. The van der Waals surface area contributed by atoms with Crippen LogP contribution in [-0.4, -0.2) is 28.1 Å². The zero-order valence-corrected chi connectivity index (χ0v) is 10.7. The summed E-state index contributed by atoms with van der Waals surface area (Å²) in [7, 11) is 1.42. The van der Waals surface area contributed by atoms with Crippen LogP contribution in [0.2, 0.25) is 5.15 Å². The van der Waals surface area contributed by atoms with Crippen molar-refractivity contribution in [3.63, 3.8) is 0 Å². The van der Waals surface area contributed by atoms with E-state index in [1.54, 1.807) is 12.1 Å². The number of anilines is 1. The first kappa shape index (κ1) is 13.1. The number of aromatic nitrogens is 2. The number of amides is 1. The predicted molar refractivity (Wildman–Crippen MR) is 69.7 cm³/mol. The third-order valence-electron chi connectivity index (χ3n) is 2.25. The Kier molecular flexibility index (Phi) is 3.82. The highest BCUT2D eigenvalue weighted by molar-refractivity contribution is 6.29. The molecule has 0 fully saturated rings. The molecule has 0 unspecified atom stereocenters. The van der Waals surface area contributed by atoms with Gasteiger partial charge in [0.2, 0.25) is 11.8 Å². The molecule has 0 saturated carbocycles. The highest BCUT2D eigenvalue weighted by Gasteiger charge is 2.13. The molecule has 2 rings (SSSR count). The van der Waals surface area contributed by atoms with Gasteiger partial charge >= 0.3 is 0 Å². The number of rotatable bonds is 3. The molecule has 0 aliphatic carbocycles. The van der Waals surface area contributed by atoms with E-state index in [9.17, 15) is 9.90 Å². The lowest BCUT2D eigenvalue weighted by Crippen LogP contribution is -2.14. The van der Waals surface area contributed by atoms with Crippen LogP contribution in [0.4, 0.5) is 5.95 Å². The summed E-state index contributed by atoms with van der Waals surface area (Å²) in [6.07, 6.45) is 0. The number of nitrogens with zero attached hydrogens (tertiary/aromatic N) is 2. The van der Waals surface area contributed by atoms with Crippen molar-refractivity contribution in [3.05, 3.63) is 41.0 Å². The fourth-order valence-corrected chi connectivity index (χ4v) is 1.57. The van der Waals surface area contributed by atoms with Crippen LogP contribution in [0, 0.1) is 0 Å². The first-order valence-corrected chi connectivity index (χ1v) is 5.66. The van der Waals surface area contributed by atoms with Crippen molar-refractivity contribution in [1.29, 1.82) is 0 Å². The molecule has 1 aromatic carbocycles. The van der Waals surface area contributed by atoms with Gasteiger partial charge in [0, 0.05) is 6.07 Å². The van der Waals surface area contributed by atoms with Crippen LogP contribution in [-0.2, 0) is 0 Å². The fourth-order valence-electron chi connectivity index (χ4n) is 1.39. The number of carbonyl (C=O) groups is 1. The van der Waals surface area contributed by atoms with E-state index in [-0.39, 0.29) is 28.3 Å². The normalized spacial score (nSPS) is 10.0. The molecule has 98 valence electrons. The topological polar surface area (TPSA) is 84.3 Å². The van der Waals surface area contributed by atoms with Gasteiger partial charge in [-0.3, -0.25) is 10.1 Å². The molecule has 0 atom stereocenters. The Morgan fingerprint density at radius 3 is 2.79 bits per heavy atom. The van der Waals surface area contributed by atoms with Crippen LogP contribution in [0.1, 0.15) is 10.4 Å². The molecule has 0 bridgehead atoms. The number of para-hydroxylation sites is 1. The second-order valence-corrected chi connectivity index (χ2v) is 3.92. The van der Waals surface area contributed by atoms with Crippen LogP contribution in [0.5, 0.6) is 11.6 Å². The number of phenolic OH excluding ortho intramolecular Hbond substituents is 1. The number of aromatic hydroxyl groups is 1. The molecule has 0 spiro atoms. The highest BCUT2D eigenvalue weighted by Crippen LogP contribution is 2.19. The number of halogens is 1. The van der Waals surface area contributed by atoms with Gasteiger partial charge in [0.05, 0.1) is 12.7 Å². The number of ether oxygens (including phenoxy) is 1. The maximum absolute atomic E-state index is 11.9. The van der Waals surface area contributed by atoms with E-state index in [0.29, 0.717) is 0 Å². The number of hydrogen-bond donors (Lipinski definition) is 2. The number of phenols is 1. The Balaban J connectivity index is 2.24. The molecule has 0 aliphatic heterocycles. The summed E-state index contributed by atoms with van der Waals surface area (Å²) in [6, 6.07) is 7.55. The first-order valence-electron chi connectivity index (χ1n) is 5.28. The van der Waals surface area contributed by atoms with Crippen LogP contribution in [0.3, 0.4) is 0 Å². The number of carbonyl (C=O) groups excluding carboxylic acids is 1. The minimum absolute atomic E-state index is 0.00222. The smallest absolute Gasteiger partial charge is 0.261 e. The van der Waals surface area contributed by atoms with Crippen molar-refractivity contribution >= 4 is 23.5 Å². The summed E-state index contributed by atoms with van der Waals surface area (Å²) in [6.45, 7) is 0. The maximum Gasteiger partial charge on any atom is 0.261 e. The fraction of sp³-hybridized carbons (Fsp3) is 0.0833. The maximum atomic E-state index is 11.9. The summed E-state index contributed by atoms with van der Waals surface area (Å²) in [5.41, 5.74) is 0.116. The van der Waals surface area contributed by atoms with Crippen molar-refractivity contribution in [2.45, 2.75) is 0 Å². The van der Waals surface area contributed by atoms with Gasteiger partial charge in [-0.1, -0.05) is 23.7 Å². The first-order chi connectivity index (χ1) is 9.10. The summed E-state index contributed by atoms with van der Waals surface area (Å²) in [5.74, 6) is -0.443. The van der Waals surface area contributed by atoms with E-state index in [1.807, 2.05) is 0 Å². The lowest BCUT2D eigenvalue weighted by Gasteiger charge is -2.06. The van der Waals surface area contributed by atoms with Crippen molar-refractivity contribution < 1.29 is 14.6 Å². The van der Waals surface area contributed by atoms with Gasteiger partial charge in [0.1, 0.15) is 10.9 Å². The number of methoxy groups -OCH3 is 1. The van der Waals surface area contributed by atoms with E-state index >= 15 is 0 Å². The standard InChI is InChI=1S/C12H10ClN3O3/c1-19-10-6-9(13)14-12(15-10)16-11(18)7-4-2-3-5-8(7)17/h2-6,17H,1H3,(H,14,15,16,18). The van der Waals surface area contributed by atoms with E-state index in [1.165, 1.54) is 25.3 Å². The van der Waals surface area contributed by atoms with Crippen molar-refractivity contribution in [2.75, 3.05) is 12.4 Å². The van der Waals surface area contributed by atoms with Gasteiger partial charge in [-0.2, -0.15) is 4.98 Å². The molecule has 7 heteroatoms. The molecule has 0 radical (unpaired) electrons. The van der Waals surface area contributed by atoms with Gasteiger partial charge in [0.25, 0.3) is 5.91 Å². The molecule has 2 aromatic rings. The van der Waals surface area contributed by atoms with E-state index < -0.39 is 5.91 Å². The molecule has 1 heterocycles. The average molecular weight is 280 g/mol. The van der Waals surface area contributed by atoms with E-state index in [0.717, 1.165) is 0 Å². The van der Waals surface area contributed by atoms with Crippen LogP contribution >= 0.6 is 11.6 Å². The van der Waals surface area contributed by atoms with Gasteiger partial charge in [-0.25, -0.2) is 4.98 Å². The Labute approximate surface area is 114 Å². The average Bonchev–Trinajstić information content (AvgIpc) is 2.38. The zero-order valence-electron chi connectivity index (χ0n) is 9.92. The van der Waals surface area contributed by atoms with Gasteiger partial charge < -0.3 is 9.84 Å². The van der Waals surface area contributed by atoms with E-state index in [2.05, 4.69) is 15.3 Å². The molecular weight excluding hydrogens is 270 g/mol. The lowest BCUT2D eigenvalue weighted by atomic mass is 10.2. The van der Waals surface area contributed by atoms with E-state index in [4.69, 9.17) is 16.3 Å². The quantitative estimate of drug-likeness (QED) is 0.841. The Morgan fingerprint density at radius 2 is 2.11 bits per heavy atom. The third kappa shape index (κ3) is 3.11. The third-order valence-corrected chi connectivity index (χ3v) is 2.45. The van der Waals surface area contributed by atoms with Gasteiger partial charge in [0.15, 0.2) is 0 Å². The molecular formula is C12H10ClN3O3. The largest absolute Gasteiger partial charge is 0.507 e. The minimum atomic E-state index is -0.539. The van der Waals surface area contributed by atoms with Gasteiger partial charge in [-0.15, -0.1) is 0 Å². The monoisotopic (exact) mass is 279 g/mol. The highest BCUT2D eigenvalue weighted by atomic mass is 35.5. The summed E-state index contributed by atoms with van der Waals surface area (Å²) in [4.78, 5) is 19.7. The molecule has 0 aliphatic rings. The van der Waals surface area contributed by atoms with Gasteiger partial charge in [-0.05, 0) is 12.1 Å². The number of hydrogen-bond acceptors (Lipinski definition) is 5. The molecule has 2 N–H and O–H groups in total. The van der Waals surface area contributed by atoms with Crippen molar-refractivity contribution in [2.24, 2.45) is 0 Å². The summed E-state index contributed by atoms with van der Waals surface area (Å²) < 4.78 is 4.91. The Morgan fingerprint density at radius 1 is 1.37 bits per heavy atom. The molecule has 1 amide bonds. The van der Waals surface area contributed by atoms with Crippen LogP contribution in [0.15, 0.2) is 30.3 Å². The van der Waals surface area contributed by atoms with Crippen molar-refractivity contribution in [3.8, 4) is 11.6 Å². The van der Waals surface area contributed by atoms with Crippen molar-refractivity contribution in [1.82, 2.24) is 9.97 Å². The lowest BCUT2D eigenvalue weighted by molar-refractivity contribution is 0.102. The summed E-state index contributed by atoms with van der Waals surface area (Å²) in [5, 5.41) is 12.1. The molecule has 0 saturated heterocycles. The number of benzene rings is 1. The Hall–Kier alpha value is -2.34. The molecule has 19 heavy (non-hydrogen) atoms. The molecule has 1 aromatic heterocycles. The van der Waals surface area contributed by atoms with Crippen LogP contribution in [0.25, 0.3) is 0 Å². The second kappa shape index (κ2) is 5.53. The van der Waals surface area contributed by atoms with Crippen LogP contribution < -0.4 is 10.1 Å². The summed E-state index contributed by atoms with van der Waals surface area (Å²) >= 11 is 5.76. The Bertz CT molecular complexity index is 619. The second-order valence-electron chi connectivity index (χ2n) is 3.53. The predicted octanol–water partition coefficient (Wildman–Crippen LogP) is 2.10. The minimum Gasteiger partial charge on any atom is -0.507 e.